The van der Waals surface area contributed by atoms with E-state index >= 15 is 0 Å². The van der Waals surface area contributed by atoms with Crippen molar-refractivity contribution in [2.45, 2.75) is 0 Å². The summed E-state index contributed by atoms with van der Waals surface area (Å²) in [5.74, 6) is -0.180. The first kappa shape index (κ1) is 21.0. The largest absolute Gasteiger partial charge is 0.289 e. The summed E-state index contributed by atoms with van der Waals surface area (Å²) in [4.78, 5) is 26.7. The Bertz CT molecular complexity index is 1150. The molecule has 0 atom stereocenters. The molecule has 0 aliphatic rings. The molecule has 154 valence electrons. The third-order valence-electron chi connectivity index (χ3n) is 5.15. The van der Waals surface area contributed by atoms with Crippen molar-refractivity contribution in [2.75, 3.05) is 0 Å². The zero-order valence-corrected chi connectivity index (χ0v) is 17.5. The second kappa shape index (κ2) is 10.1. The predicted molar refractivity (Wildman–Crippen MR) is 130 cm³/mol. The van der Waals surface area contributed by atoms with Gasteiger partial charge in [-0.2, -0.15) is 0 Å². The molecule has 2 heteroatoms. The van der Waals surface area contributed by atoms with Gasteiger partial charge in [-0.3, -0.25) is 9.59 Å². The highest BCUT2D eigenvalue weighted by atomic mass is 16.1. The second-order valence-corrected chi connectivity index (χ2v) is 7.28. The summed E-state index contributed by atoms with van der Waals surface area (Å²) in [5, 5.41) is 0. The van der Waals surface area contributed by atoms with Crippen molar-refractivity contribution in [1.82, 2.24) is 0 Å². The lowest BCUT2D eigenvalue weighted by Crippen LogP contribution is -2.04. The molecule has 2 nitrogen and oxygen atoms in total. The minimum Gasteiger partial charge on any atom is -0.289 e. The monoisotopic (exact) mass is 414 g/mol. The van der Waals surface area contributed by atoms with Gasteiger partial charge >= 0.3 is 0 Å². The molecule has 0 saturated carbocycles. The Kier molecular flexibility index (Phi) is 6.64. The molecule has 0 amide bonds. The highest BCUT2D eigenvalue weighted by molar-refractivity contribution is 6.31. The molecular formula is C30H22O2. The number of carbonyl (C=O) groups is 2. The maximum atomic E-state index is 13.4. The lowest BCUT2D eigenvalue weighted by molar-refractivity contribution is 0.104. The van der Waals surface area contributed by atoms with Gasteiger partial charge in [0.2, 0.25) is 0 Å². The maximum Gasteiger partial charge on any atom is 0.193 e. The van der Waals surface area contributed by atoms with Gasteiger partial charge in [-0.05, 0) is 23.3 Å². The van der Waals surface area contributed by atoms with Crippen molar-refractivity contribution in [3.63, 3.8) is 0 Å². The summed E-state index contributed by atoms with van der Waals surface area (Å²) in [6, 6.07) is 37.4. The van der Waals surface area contributed by atoms with Crippen LogP contribution >= 0.6 is 0 Å². The minimum atomic E-state index is -0.0902. The predicted octanol–water partition coefficient (Wildman–Crippen LogP) is 6.92. The van der Waals surface area contributed by atoms with Gasteiger partial charge in [-0.1, -0.05) is 121 Å². The Morgan fingerprint density at radius 3 is 0.906 bits per heavy atom. The fourth-order valence-electron chi connectivity index (χ4n) is 3.50. The molecule has 4 rings (SSSR count). The van der Waals surface area contributed by atoms with Gasteiger partial charge in [0.05, 0.1) is 0 Å². The SMILES string of the molecule is O=C(/C(=C/C=C(/C(=O)c1ccccc1)c1ccccc1)c1ccccc1)c1ccccc1. The van der Waals surface area contributed by atoms with Crippen molar-refractivity contribution >= 4 is 22.7 Å². The van der Waals surface area contributed by atoms with Gasteiger partial charge in [0.25, 0.3) is 0 Å². The maximum absolute atomic E-state index is 13.4. The van der Waals surface area contributed by atoms with Crippen LogP contribution in [0.2, 0.25) is 0 Å². The molecule has 4 aromatic rings. The van der Waals surface area contributed by atoms with Gasteiger partial charge < -0.3 is 0 Å². The third-order valence-corrected chi connectivity index (χ3v) is 5.15. The van der Waals surface area contributed by atoms with E-state index in [-0.39, 0.29) is 11.6 Å². The summed E-state index contributed by atoms with van der Waals surface area (Å²) in [6.45, 7) is 0. The van der Waals surface area contributed by atoms with E-state index in [1.165, 1.54) is 0 Å². The number of hydrogen-bond donors (Lipinski definition) is 0. The summed E-state index contributed by atoms with van der Waals surface area (Å²) < 4.78 is 0. The summed E-state index contributed by atoms with van der Waals surface area (Å²) in [7, 11) is 0. The lowest BCUT2D eigenvalue weighted by atomic mass is 9.93. The van der Waals surface area contributed by atoms with E-state index in [1.54, 1.807) is 36.4 Å². The van der Waals surface area contributed by atoms with E-state index in [0.717, 1.165) is 11.1 Å². The van der Waals surface area contributed by atoms with Gasteiger partial charge in [-0.25, -0.2) is 0 Å². The molecule has 0 heterocycles. The summed E-state index contributed by atoms with van der Waals surface area (Å²) >= 11 is 0. The zero-order valence-electron chi connectivity index (χ0n) is 17.5. The molecule has 0 fully saturated rings. The van der Waals surface area contributed by atoms with Crippen LogP contribution in [0.1, 0.15) is 31.8 Å². The van der Waals surface area contributed by atoms with Crippen LogP contribution in [0, 0.1) is 0 Å². The summed E-state index contributed by atoms with van der Waals surface area (Å²) in [5.41, 5.74) is 3.88. The third kappa shape index (κ3) is 4.88. The molecule has 0 aromatic heterocycles. The number of hydrogen-bond acceptors (Lipinski definition) is 2. The highest BCUT2D eigenvalue weighted by Gasteiger charge is 2.16. The van der Waals surface area contributed by atoms with Crippen LogP contribution in [0.15, 0.2) is 133 Å². The number of Topliss-reactive ketones (excluding diaryl/α,β-unsaturated/α-hetero) is 2. The first-order valence-corrected chi connectivity index (χ1v) is 10.5. The minimum absolute atomic E-state index is 0.0902. The van der Waals surface area contributed by atoms with E-state index in [2.05, 4.69) is 0 Å². The van der Waals surface area contributed by atoms with Crippen molar-refractivity contribution < 1.29 is 9.59 Å². The molecule has 0 radical (unpaired) electrons. The Hall–Kier alpha value is -4.30. The Morgan fingerprint density at radius 2 is 0.625 bits per heavy atom. The number of benzene rings is 4. The molecule has 4 aromatic carbocycles. The lowest BCUT2D eigenvalue weighted by Gasteiger charge is -2.09. The fraction of sp³-hybridized carbons (Fsp3) is 0. The Balaban J connectivity index is 1.84. The van der Waals surface area contributed by atoms with Gasteiger partial charge in [0, 0.05) is 22.3 Å². The molecule has 0 unspecified atom stereocenters. The Morgan fingerprint density at radius 1 is 0.375 bits per heavy atom. The number of ketones is 2. The van der Waals surface area contributed by atoms with E-state index < -0.39 is 0 Å². The van der Waals surface area contributed by atoms with Crippen LogP contribution < -0.4 is 0 Å². The first-order valence-electron chi connectivity index (χ1n) is 10.5. The van der Waals surface area contributed by atoms with Crippen LogP contribution in [0.5, 0.6) is 0 Å². The van der Waals surface area contributed by atoms with Crippen LogP contribution in [-0.4, -0.2) is 11.6 Å². The number of rotatable bonds is 7. The second-order valence-electron chi connectivity index (χ2n) is 7.28. The van der Waals surface area contributed by atoms with Crippen LogP contribution in [0.4, 0.5) is 0 Å². The zero-order chi connectivity index (χ0) is 22.2. The fourth-order valence-corrected chi connectivity index (χ4v) is 3.50. The summed E-state index contributed by atoms with van der Waals surface area (Å²) in [6.07, 6.45) is 3.52. The average Bonchev–Trinajstić information content (AvgIpc) is 2.88. The van der Waals surface area contributed by atoms with Gasteiger partial charge in [-0.15, -0.1) is 0 Å². The quantitative estimate of drug-likeness (QED) is 0.187. The molecule has 32 heavy (non-hydrogen) atoms. The van der Waals surface area contributed by atoms with Crippen molar-refractivity contribution in [1.29, 1.82) is 0 Å². The van der Waals surface area contributed by atoms with E-state index in [4.69, 9.17) is 0 Å². The van der Waals surface area contributed by atoms with Crippen molar-refractivity contribution in [3.05, 3.63) is 156 Å². The van der Waals surface area contributed by atoms with E-state index in [9.17, 15) is 9.59 Å². The number of carbonyl (C=O) groups excluding carboxylic acids is 2. The molecule has 0 aliphatic carbocycles. The van der Waals surface area contributed by atoms with Crippen LogP contribution in [-0.2, 0) is 0 Å². The molecule has 0 N–H and O–H groups in total. The first-order chi connectivity index (χ1) is 15.7. The van der Waals surface area contributed by atoms with Crippen LogP contribution in [0.3, 0.4) is 0 Å². The molecule has 0 saturated heterocycles. The van der Waals surface area contributed by atoms with Crippen molar-refractivity contribution in [3.8, 4) is 0 Å². The molecule has 0 aliphatic heterocycles. The molecule has 0 bridgehead atoms. The topological polar surface area (TPSA) is 34.1 Å². The molecule has 0 spiro atoms. The highest BCUT2D eigenvalue weighted by Crippen LogP contribution is 2.24. The normalized spacial score (nSPS) is 11.8. The average molecular weight is 415 g/mol. The molecular weight excluding hydrogens is 392 g/mol. The van der Waals surface area contributed by atoms with Crippen molar-refractivity contribution in [2.24, 2.45) is 0 Å². The van der Waals surface area contributed by atoms with Gasteiger partial charge in [0.15, 0.2) is 11.6 Å². The Labute approximate surface area is 188 Å². The van der Waals surface area contributed by atoms with E-state index in [1.807, 2.05) is 97.1 Å². The number of allylic oxidation sites excluding steroid dienone is 4. The van der Waals surface area contributed by atoms with Crippen LogP contribution in [0.25, 0.3) is 11.1 Å². The standard InChI is InChI=1S/C30H22O2/c31-29(25-17-9-3-10-18-25)27(23-13-5-1-6-14-23)21-22-28(24-15-7-2-8-16-24)30(32)26-19-11-4-12-20-26/h1-22H/b27-21+,28-22+. The van der Waals surface area contributed by atoms with E-state index in [0.29, 0.717) is 22.3 Å². The van der Waals surface area contributed by atoms with Gasteiger partial charge in [0.1, 0.15) is 0 Å². The smallest absolute Gasteiger partial charge is 0.193 e.